The number of piperazine rings is 1. The highest BCUT2D eigenvalue weighted by Crippen LogP contribution is 2.33. The molecule has 7 nitrogen and oxygen atoms in total. The predicted octanol–water partition coefficient (Wildman–Crippen LogP) is 1.51. The standard InChI is InChI=1S/C19H26N2O5/c1-13(2)12-26-18-14(6-5-7-16(18)24-3)11-21-9-8-20-19(23)15(21)10-17(22)25-4/h5-7,15H,1,8-12H2,2-4H3,(H,20,23)/t15-/m1/s1. The van der Waals surface area contributed by atoms with Gasteiger partial charge in [0.15, 0.2) is 11.5 Å². The molecule has 142 valence electrons. The second-order valence-corrected chi connectivity index (χ2v) is 6.25. The molecule has 1 atom stereocenters. The van der Waals surface area contributed by atoms with E-state index >= 15 is 0 Å². The van der Waals surface area contributed by atoms with Crippen molar-refractivity contribution >= 4 is 11.9 Å². The number of benzene rings is 1. The summed E-state index contributed by atoms with van der Waals surface area (Å²) in [6.07, 6.45) is 0.00819. The van der Waals surface area contributed by atoms with Gasteiger partial charge in [-0.1, -0.05) is 18.7 Å². The number of hydrogen-bond donors (Lipinski definition) is 1. The van der Waals surface area contributed by atoms with Gasteiger partial charge in [0.25, 0.3) is 0 Å². The second kappa shape index (κ2) is 9.24. The first kappa shape index (κ1) is 19.8. The van der Waals surface area contributed by atoms with E-state index in [1.165, 1.54) is 7.11 Å². The summed E-state index contributed by atoms with van der Waals surface area (Å²) in [5.74, 6) is 0.658. The maximum atomic E-state index is 12.2. The zero-order valence-electron chi connectivity index (χ0n) is 15.5. The summed E-state index contributed by atoms with van der Waals surface area (Å²) in [4.78, 5) is 25.9. The van der Waals surface area contributed by atoms with Crippen LogP contribution in [0.5, 0.6) is 11.5 Å². The van der Waals surface area contributed by atoms with Crippen LogP contribution in [0.3, 0.4) is 0 Å². The van der Waals surface area contributed by atoms with Crippen LogP contribution in [0.1, 0.15) is 18.9 Å². The fraction of sp³-hybridized carbons (Fsp3) is 0.474. The van der Waals surface area contributed by atoms with Crippen molar-refractivity contribution in [3.8, 4) is 11.5 Å². The van der Waals surface area contributed by atoms with Crippen molar-refractivity contribution in [3.63, 3.8) is 0 Å². The summed E-state index contributed by atoms with van der Waals surface area (Å²) in [5.41, 5.74) is 1.78. The van der Waals surface area contributed by atoms with Gasteiger partial charge < -0.3 is 19.5 Å². The van der Waals surface area contributed by atoms with E-state index in [0.29, 0.717) is 37.7 Å². The molecule has 7 heteroatoms. The predicted molar refractivity (Wildman–Crippen MR) is 97.1 cm³/mol. The van der Waals surface area contributed by atoms with Gasteiger partial charge in [0, 0.05) is 25.2 Å². The molecule has 26 heavy (non-hydrogen) atoms. The van der Waals surface area contributed by atoms with Crippen LogP contribution in [0.4, 0.5) is 0 Å². The van der Waals surface area contributed by atoms with Crippen molar-refractivity contribution in [2.45, 2.75) is 25.9 Å². The van der Waals surface area contributed by atoms with Crippen LogP contribution >= 0.6 is 0 Å². The summed E-state index contributed by atoms with van der Waals surface area (Å²) < 4.78 is 16.0. The number of rotatable bonds is 8. The van der Waals surface area contributed by atoms with Crippen molar-refractivity contribution in [1.82, 2.24) is 10.2 Å². The van der Waals surface area contributed by atoms with E-state index in [9.17, 15) is 9.59 Å². The first-order valence-corrected chi connectivity index (χ1v) is 8.48. The molecule has 0 spiro atoms. The molecule has 0 saturated carbocycles. The molecule has 1 amide bonds. The van der Waals surface area contributed by atoms with Crippen LogP contribution < -0.4 is 14.8 Å². The fourth-order valence-corrected chi connectivity index (χ4v) is 2.84. The Hall–Kier alpha value is -2.54. The summed E-state index contributed by atoms with van der Waals surface area (Å²) in [5, 5.41) is 2.80. The third-order valence-corrected chi connectivity index (χ3v) is 4.15. The number of ether oxygens (including phenoxy) is 3. The fourth-order valence-electron chi connectivity index (χ4n) is 2.84. The quantitative estimate of drug-likeness (QED) is 0.558. The zero-order chi connectivity index (χ0) is 19.1. The van der Waals surface area contributed by atoms with Gasteiger partial charge in [-0.15, -0.1) is 0 Å². The third kappa shape index (κ3) is 4.98. The van der Waals surface area contributed by atoms with Gasteiger partial charge in [0.05, 0.1) is 20.6 Å². The molecule has 1 N–H and O–H groups in total. The highest BCUT2D eigenvalue weighted by Gasteiger charge is 2.32. The Balaban J connectivity index is 2.25. The van der Waals surface area contributed by atoms with Crippen LogP contribution in [0, 0.1) is 0 Å². The zero-order valence-corrected chi connectivity index (χ0v) is 15.5. The maximum absolute atomic E-state index is 12.2. The number of esters is 1. The van der Waals surface area contributed by atoms with Crippen molar-refractivity contribution in [2.75, 3.05) is 33.9 Å². The van der Waals surface area contributed by atoms with E-state index in [0.717, 1.165) is 11.1 Å². The van der Waals surface area contributed by atoms with E-state index in [-0.39, 0.29) is 12.3 Å². The monoisotopic (exact) mass is 362 g/mol. The summed E-state index contributed by atoms with van der Waals surface area (Å²) in [7, 11) is 2.90. The number of methoxy groups -OCH3 is 2. The molecule has 0 bridgehead atoms. The van der Waals surface area contributed by atoms with Crippen LogP contribution in [0.25, 0.3) is 0 Å². The molecular weight excluding hydrogens is 336 g/mol. The second-order valence-electron chi connectivity index (χ2n) is 6.25. The van der Waals surface area contributed by atoms with E-state index in [2.05, 4.69) is 11.9 Å². The first-order chi connectivity index (χ1) is 12.5. The Morgan fingerprint density at radius 3 is 2.81 bits per heavy atom. The van der Waals surface area contributed by atoms with E-state index in [4.69, 9.17) is 14.2 Å². The van der Waals surface area contributed by atoms with E-state index < -0.39 is 12.0 Å². The molecule has 0 aromatic heterocycles. The van der Waals surface area contributed by atoms with Crippen molar-refractivity contribution in [3.05, 3.63) is 35.9 Å². The van der Waals surface area contributed by atoms with Crippen molar-refractivity contribution < 1.29 is 23.8 Å². The molecule has 1 saturated heterocycles. The average molecular weight is 362 g/mol. The highest BCUT2D eigenvalue weighted by molar-refractivity contribution is 5.87. The topological polar surface area (TPSA) is 77.1 Å². The molecule has 1 heterocycles. The number of nitrogens with zero attached hydrogens (tertiary/aromatic N) is 1. The molecule has 1 fully saturated rings. The molecule has 0 radical (unpaired) electrons. The Morgan fingerprint density at radius 1 is 1.38 bits per heavy atom. The van der Waals surface area contributed by atoms with Crippen LogP contribution in [0.2, 0.25) is 0 Å². The lowest BCUT2D eigenvalue weighted by Crippen LogP contribution is -2.55. The average Bonchev–Trinajstić information content (AvgIpc) is 2.62. The number of hydrogen-bond acceptors (Lipinski definition) is 6. The first-order valence-electron chi connectivity index (χ1n) is 8.48. The van der Waals surface area contributed by atoms with Crippen LogP contribution in [-0.4, -0.2) is 56.7 Å². The Morgan fingerprint density at radius 2 is 2.15 bits per heavy atom. The molecular formula is C19H26N2O5. The minimum atomic E-state index is -0.573. The smallest absolute Gasteiger partial charge is 0.307 e. The Kier molecular flexibility index (Phi) is 7.03. The largest absolute Gasteiger partial charge is 0.493 e. The van der Waals surface area contributed by atoms with Gasteiger partial charge in [-0.05, 0) is 18.6 Å². The van der Waals surface area contributed by atoms with Crippen LogP contribution in [0.15, 0.2) is 30.4 Å². The lowest BCUT2D eigenvalue weighted by Gasteiger charge is -2.34. The number of carbonyl (C=O) groups excluding carboxylic acids is 2. The Bertz CT molecular complexity index is 674. The molecule has 1 aliphatic rings. The molecule has 1 aliphatic heterocycles. The van der Waals surface area contributed by atoms with Crippen molar-refractivity contribution in [2.24, 2.45) is 0 Å². The van der Waals surface area contributed by atoms with Gasteiger partial charge in [0.1, 0.15) is 12.6 Å². The molecule has 1 aromatic rings. The van der Waals surface area contributed by atoms with Gasteiger partial charge in [0.2, 0.25) is 5.91 Å². The van der Waals surface area contributed by atoms with Crippen molar-refractivity contribution in [1.29, 1.82) is 0 Å². The molecule has 0 aliphatic carbocycles. The van der Waals surface area contributed by atoms with Gasteiger partial charge in [-0.2, -0.15) is 0 Å². The molecule has 0 unspecified atom stereocenters. The summed E-state index contributed by atoms with van der Waals surface area (Å²) >= 11 is 0. The summed E-state index contributed by atoms with van der Waals surface area (Å²) in [6, 6.07) is 5.06. The van der Waals surface area contributed by atoms with Gasteiger partial charge >= 0.3 is 5.97 Å². The highest BCUT2D eigenvalue weighted by atomic mass is 16.5. The normalized spacial score (nSPS) is 17.3. The maximum Gasteiger partial charge on any atom is 0.307 e. The van der Waals surface area contributed by atoms with E-state index in [1.54, 1.807) is 7.11 Å². The van der Waals surface area contributed by atoms with E-state index in [1.807, 2.05) is 30.0 Å². The number of carbonyl (C=O) groups is 2. The number of para-hydroxylation sites is 1. The number of amides is 1. The van der Waals surface area contributed by atoms with Gasteiger partial charge in [-0.25, -0.2) is 0 Å². The molecule has 2 rings (SSSR count). The Labute approximate surface area is 153 Å². The minimum absolute atomic E-state index is 0.00819. The molecule has 1 aromatic carbocycles. The lowest BCUT2D eigenvalue weighted by molar-refractivity contribution is -0.146. The summed E-state index contributed by atoms with van der Waals surface area (Å²) in [6.45, 7) is 7.73. The number of nitrogens with one attached hydrogen (secondary N) is 1. The third-order valence-electron chi connectivity index (χ3n) is 4.15. The van der Waals surface area contributed by atoms with Gasteiger partial charge in [-0.3, -0.25) is 14.5 Å². The SMILES string of the molecule is C=C(C)COc1c(CN2CCNC(=O)[C@H]2CC(=O)OC)cccc1OC. The van der Waals surface area contributed by atoms with Crippen LogP contribution in [-0.2, 0) is 20.9 Å². The lowest BCUT2D eigenvalue weighted by atomic mass is 10.1. The minimum Gasteiger partial charge on any atom is -0.493 e.